The fourth-order valence-corrected chi connectivity index (χ4v) is 2.24. The highest BCUT2D eigenvalue weighted by molar-refractivity contribution is 5.83. The third-order valence-corrected chi connectivity index (χ3v) is 3.37. The van der Waals surface area contributed by atoms with Gasteiger partial charge in [-0.3, -0.25) is 9.59 Å². The van der Waals surface area contributed by atoms with Crippen molar-refractivity contribution in [2.24, 2.45) is 5.41 Å². The highest BCUT2D eigenvalue weighted by Gasteiger charge is 2.36. The van der Waals surface area contributed by atoms with Gasteiger partial charge in [-0.05, 0) is 37.8 Å². The van der Waals surface area contributed by atoms with Crippen LogP contribution < -0.4 is 0 Å². The maximum Gasteiger partial charge on any atom is 0.300 e. The van der Waals surface area contributed by atoms with E-state index in [1.54, 1.807) is 6.92 Å². The van der Waals surface area contributed by atoms with E-state index >= 15 is 0 Å². The van der Waals surface area contributed by atoms with E-state index < -0.39 is 5.97 Å². The highest BCUT2D eigenvalue weighted by atomic mass is 16.4. The Labute approximate surface area is 108 Å². The molecule has 1 unspecified atom stereocenters. The molecule has 1 aliphatic carbocycles. The summed E-state index contributed by atoms with van der Waals surface area (Å²) in [6.07, 6.45) is 1.83. The molecule has 1 aromatic carbocycles. The summed E-state index contributed by atoms with van der Waals surface area (Å²) >= 11 is 0. The normalized spacial score (nSPS) is 20.7. The Bertz CT molecular complexity index is 473. The lowest BCUT2D eigenvalue weighted by Gasteiger charge is -2.18. The van der Waals surface area contributed by atoms with E-state index in [-0.39, 0.29) is 5.41 Å². The summed E-state index contributed by atoms with van der Waals surface area (Å²) in [4.78, 5) is 20.5. The standard InChI is InChI=1S/C13H16O.C2H4O2/c1-9-4-5-11-7-13(3,10(2)14)8-12(11)6-9;1-2(3)4/h4-6H,7-8H2,1-3H3;1H3,(H,3,4). The first-order chi connectivity index (χ1) is 8.24. The number of carbonyl (C=O) groups excluding carboxylic acids is 1. The van der Waals surface area contributed by atoms with Crippen LogP contribution in [-0.4, -0.2) is 16.9 Å². The minimum atomic E-state index is -0.833. The molecule has 1 N–H and O–H groups in total. The quantitative estimate of drug-likeness (QED) is 0.831. The predicted molar refractivity (Wildman–Crippen MR) is 70.7 cm³/mol. The molecule has 0 radical (unpaired) electrons. The van der Waals surface area contributed by atoms with E-state index in [9.17, 15) is 4.79 Å². The van der Waals surface area contributed by atoms with Crippen LogP contribution in [0.15, 0.2) is 18.2 Å². The smallest absolute Gasteiger partial charge is 0.300 e. The monoisotopic (exact) mass is 248 g/mol. The van der Waals surface area contributed by atoms with Gasteiger partial charge in [0.25, 0.3) is 5.97 Å². The van der Waals surface area contributed by atoms with Crippen LogP contribution in [0.3, 0.4) is 0 Å². The maximum absolute atomic E-state index is 11.5. The zero-order valence-corrected chi connectivity index (χ0v) is 11.4. The number of rotatable bonds is 1. The average Bonchev–Trinajstić information content (AvgIpc) is 2.54. The van der Waals surface area contributed by atoms with Crippen molar-refractivity contribution in [3.63, 3.8) is 0 Å². The van der Waals surface area contributed by atoms with Crippen LogP contribution >= 0.6 is 0 Å². The van der Waals surface area contributed by atoms with Gasteiger partial charge in [-0.15, -0.1) is 0 Å². The Morgan fingerprint density at radius 3 is 2.17 bits per heavy atom. The Morgan fingerprint density at radius 1 is 1.17 bits per heavy atom. The van der Waals surface area contributed by atoms with Gasteiger partial charge in [0.2, 0.25) is 0 Å². The molecule has 1 aliphatic rings. The number of aryl methyl sites for hydroxylation is 1. The number of Topliss-reactive ketones (excluding diaryl/α,β-unsaturated/α-hetero) is 1. The Hall–Kier alpha value is -1.64. The lowest BCUT2D eigenvalue weighted by atomic mass is 9.83. The first-order valence-corrected chi connectivity index (χ1v) is 6.03. The first kappa shape index (κ1) is 14.4. The SMILES string of the molecule is CC(=O)C1(C)Cc2ccc(C)cc2C1.CC(=O)O. The molecular weight excluding hydrogens is 228 g/mol. The summed E-state index contributed by atoms with van der Waals surface area (Å²) in [6.45, 7) is 6.97. The number of ketones is 1. The van der Waals surface area contributed by atoms with Gasteiger partial charge < -0.3 is 5.11 Å². The molecule has 1 atom stereocenters. The summed E-state index contributed by atoms with van der Waals surface area (Å²) < 4.78 is 0. The summed E-state index contributed by atoms with van der Waals surface area (Å²) in [7, 11) is 0. The molecule has 0 aliphatic heterocycles. The minimum absolute atomic E-state index is 0.143. The van der Waals surface area contributed by atoms with Crippen molar-refractivity contribution in [3.8, 4) is 0 Å². The molecule has 1 aromatic rings. The van der Waals surface area contributed by atoms with E-state index in [0.717, 1.165) is 19.8 Å². The van der Waals surface area contributed by atoms with Gasteiger partial charge in [-0.1, -0.05) is 30.7 Å². The van der Waals surface area contributed by atoms with Gasteiger partial charge in [-0.2, -0.15) is 0 Å². The molecule has 3 nitrogen and oxygen atoms in total. The van der Waals surface area contributed by atoms with E-state index in [2.05, 4.69) is 32.0 Å². The van der Waals surface area contributed by atoms with Gasteiger partial charge in [-0.25, -0.2) is 0 Å². The molecule has 0 heterocycles. The number of aliphatic carboxylic acids is 1. The van der Waals surface area contributed by atoms with E-state index in [0.29, 0.717) is 5.78 Å². The second kappa shape index (κ2) is 5.34. The highest BCUT2D eigenvalue weighted by Crippen LogP contribution is 2.37. The molecule has 0 saturated carbocycles. The van der Waals surface area contributed by atoms with Gasteiger partial charge in [0, 0.05) is 12.3 Å². The zero-order valence-electron chi connectivity index (χ0n) is 11.4. The largest absolute Gasteiger partial charge is 0.481 e. The molecule has 98 valence electrons. The zero-order chi connectivity index (χ0) is 13.9. The first-order valence-electron chi connectivity index (χ1n) is 6.03. The fraction of sp³-hybridized carbons (Fsp3) is 0.467. The van der Waals surface area contributed by atoms with E-state index in [1.807, 2.05) is 0 Å². The Kier molecular flexibility index (Phi) is 4.28. The van der Waals surface area contributed by atoms with Crippen molar-refractivity contribution in [1.29, 1.82) is 0 Å². The third kappa shape index (κ3) is 3.42. The molecular formula is C15H20O3. The number of benzene rings is 1. The lowest BCUT2D eigenvalue weighted by Crippen LogP contribution is -2.25. The predicted octanol–water partition coefficient (Wildman–Crippen LogP) is 2.78. The lowest BCUT2D eigenvalue weighted by molar-refractivity contribution is -0.134. The van der Waals surface area contributed by atoms with Gasteiger partial charge >= 0.3 is 0 Å². The van der Waals surface area contributed by atoms with Crippen LogP contribution in [0.2, 0.25) is 0 Å². The number of hydrogen-bond donors (Lipinski definition) is 1. The van der Waals surface area contributed by atoms with Crippen LogP contribution in [0.25, 0.3) is 0 Å². The van der Waals surface area contributed by atoms with Crippen LogP contribution in [0.4, 0.5) is 0 Å². The van der Waals surface area contributed by atoms with Crippen molar-refractivity contribution >= 4 is 11.8 Å². The van der Waals surface area contributed by atoms with Crippen molar-refractivity contribution < 1.29 is 14.7 Å². The molecule has 0 fully saturated rings. The summed E-state index contributed by atoms with van der Waals surface area (Å²) in [5.74, 6) is -0.522. The topological polar surface area (TPSA) is 54.4 Å². The number of carbonyl (C=O) groups is 2. The fourth-order valence-electron chi connectivity index (χ4n) is 2.24. The number of carboxylic acid groups (broad SMARTS) is 1. The number of fused-ring (bicyclic) bond motifs is 1. The summed E-state index contributed by atoms with van der Waals surface area (Å²) in [6, 6.07) is 6.51. The summed E-state index contributed by atoms with van der Waals surface area (Å²) in [5, 5.41) is 7.42. The molecule has 2 rings (SSSR count). The van der Waals surface area contributed by atoms with Crippen molar-refractivity contribution in [1.82, 2.24) is 0 Å². The molecule has 0 saturated heterocycles. The minimum Gasteiger partial charge on any atom is -0.481 e. The Morgan fingerprint density at radius 2 is 1.67 bits per heavy atom. The molecule has 18 heavy (non-hydrogen) atoms. The summed E-state index contributed by atoms with van der Waals surface area (Å²) in [5.41, 5.74) is 3.86. The number of hydrogen-bond acceptors (Lipinski definition) is 2. The van der Waals surface area contributed by atoms with Crippen LogP contribution in [0.1, 0.15) is 37.5 Å². The molecule has 3 heteroatoms. The van der Waals surface area contributed by atoms with Crippen molar-refractivity contribution in [3.05, 3.63) is 34.9 Å². The second-order valence-corrected chi connectivity index (χ2v) is 5.26. The van der Waals surface area contributed by atoms with Crippen molar-refractivity contribution in [2.75, 3.05) is 0 Å². The van der Waals surface area contributed by atoms with Gasteiger partial charge in [0.15, 0.2) is 0 Å². The second-order valence-electron chi connectivity index (χ2n) is 5.26. The van der Waals surface area contributed by atoms with E-state index in [1.165, 1.54) is 16.7 Å². The third-order valence-electron chi connectivity index (χ3n) is 3.37. The average molecular weight is 248 g/mol. The molecule has 0 amide bonds. The van der Waals surface area contributed by atoms with Crippen LogP contribution in [-0.2, 0) is 22.4 Å². The molecule has 0 aromatic heterocycles. The van der Waals surface area contributed by atoms with Crippen LogP contribution in [0, 0.1) is 12.3 Å². The molecule has 0 bridgehead atoms. The van der Waals surface area contributed by atoms with Crippen molar-refractivity contribution in [2.45, 2.75) is 40.5 Å². The van der Waals surface area contributed by atoms with Gasteiger partial charge in [0.05, 0.1) is 0 Å². The van der Waals surface area contributed by atoms with E-state index in [4.69, 9.17) is 9.90 Å². The molecule has 0 spiro atoms. The van der Waals surface area contributed by atoms with Gasteiger partial charge in [0.1, 0.15) is 5.78 Å². The van der Waals surface area contributed by atoms with Crippen LogP contribution in [0.5, 0.6) is 0 Å². The number of carboxylic acids is 1. The Balaban J connectivity index is 0.000000357. The maximum atomic E-state index is 11.5.